The molecule has 0 radical (unpaired) electrons. The summed E-state index contributed by atoms with van der Waals surface area (Å²) in [5.74, 6) is 0.688. The van der Waals surface area contributed by atoms with Gasteiger partial charge in [-0.3, -0.25) is 9.67 Å². The molecular formula is C22H18ClN3O2. The summed E-state index contributed by atoms with van der Waals surface area (Å²) in [5, 5.41) is 15.8. The summed E-state index contributed by atoms with van der Waals surface area (Å²) in [6, 6.07) is 16.5. The Hall–Kier alpha value is -3.31. The third-order valence-corrected chi connectivity index (χ3v) is 4.60. The monoisotopic (exact) mass is 391 g/mol. The molecule has 0 fully saturated rings. The van der Waals surface area contributed by atoms with Gasteiger partial charge in [-0.25, -0.2) is 0 Å². The molecule has 0 unspecified atom stereocenters. The zero-order chi connectivity index (χ0) is 19.5. The number of halogens is 1. The van der Waals surface area contributed by atoms with Crippen LogP contribution in [0.2, 0.25) is 5.02 Å². The van der Waals surface area contributed by atoms with Gasteiger partial charge < -0.3 is 9.84 Å². The molecule has 4 aromatic rings. The molecule has 2 heterocycles. The van der Waals surface area contributed by atoms with Crippen LogP contribution in [0.3, 0.4) is 0 Å². The molecule has 5 nitrogen and oxygen atoms in total. The maximum Gasteiger partial charge on any atom is 0.128 e. The second kappa shape index (κ2) is 7.74. The zero-order valence-electron chi connectivity index (χ0n) is 15.2. The number of aryl methyl sites for hydroxylation is 1. The summed E-state index contributed by atoms with van der Waals surface area (Å²) >= 11 is 5.90. The van der Waals surface area contributed by atoms with E-state index in [-0.39, 0.29) is 5.75 Å². The smallest absolute Gasteiger partial charge is 0.128 e. The highest BCUT2D eigenvalue weighted by molar-refractivity contribution is 6.30. The Morgan fingerprint density at radius 3 is 2.61 bits per heavy atom. The van der Waals surface area contributed by atoms with Gasteiger partial charge in [0.1, 0.15) is 23.8 Å². The molecule has 0 amide bonds. The number of phenolic OH excluding ortho intramolecular Hbond substituents is 1. The summed E-state index contributed by atoms with van der Waals surface area (Å²) in [6.07, 6.45) is 5.42. The third kappa shape index (κ3) is 3.85. The molecule has 0 bridgehead atoms. The van der Waals surface area contributed by atoms with Gasteiger partial charge in [0.2, 0.25) is 0 Å². The van der Waals surface area contributed by atoms with Crippen LogP contribution in [0.25, 0.3) is 22.4 Å². The van der Waals surface area contributed by atoms with E-state index < -0.39 is 0 Å². The fraction of sp³-hybridized carbons (Fsp3) is 0.0909. The van der Waals surface area contributed by atoms with Gasteiger partial charge in [-0.05, 0) is 35.9 Å². The molecule has 2 aromatic carbocycles. The largest absolute Gasteiger partial charge is 0.507 e. The first kappa shape index (κ1) is 18.1. The molecule has 28 heavy (non-hydrogen) atoms. The number of aromatic hydroxyl groups is 1. The number of hydrogen-bond acceptors (Lipinski definition) is 4. The Morgan fingerprint density at radius 2 is 1.89 bits per heavy atom. The first-order chi connectivity index (χ1) is 13.6. The molecule has 0 aliphatic carbocycles. The van der Waals surface area contributed by atoms with Gasteiger partial charge in [0.15, 0.2) is 0 Å². The van der Waals surface area contributed by atoms with Crippen LogP contribution in [0.1, 0.15) is 5.56 Å². The standard InChI is InChI=1S/C22H18ClN3O2/c1-26-13-20(16-3-2-10-24-12-16)22(25-26)19-9-8-18(11-21(19)27)28-14-15-4-6-17(23)7-5-15/h2-13,27H,14H2,1H3. The van der Waals surface area contributed by atoms with E-state index in [1.54, 1.807) is 23.1 Å². The van der Waals surface area contributed by atoms with E-state index >= 15 is 0 Å². The predicted molar refractivity (Wildman–Crippen MR) is 109 cm³/mol. The van der Waals surface area contributed by atoms with Crippen LogP contribution in [0.4, 0.5) is 0 Å². The number of phenols is 1. The maximum absolute atomic E-state index is 10.6. The molecule has 0 saturated heterocycles. The number of pyridine rings is 1. The zero-order valence-corrected chi connectivity index (χ0v) is 16.0. The molecule has 0 aliphatic heterocycles. The lowest BCUT2D eigenvalue weighted by atomic mass is 10.0. The number of aromatic nitrogens is 3. The van der Waals surface area contributed by atoms with Crippen molar-refractivity contribution in [1.29, 1.82) is 0 Å². The number of rotatable bonds is 5. The lowest BCUT2D eigenvalue weighted by Gasteiger charge is -2.10. The van der Waals surface area contributed by atoms with Crippen LogP contribution < -0.4 is 4.74 Å². The number of benzene rings is 2. The summed E-state index contributed by atoms with van der Waals surface area (Å²) in [4.78, 5) is 4.17. The SMILES string of the molecule is Cn1cc(-c2cccnc2)c(-c2ccc(OCc3ccc(Cl)cc3)cc2O)n1. The molecular weight excluding hydrogens is 374 g/mol. The van der Waals surface area contributed by atoms with Crippen molar-refractivity contribution in [3.8, 4) is 33.9 Å². The van der Waals surface area contributed by atoms with E-state index in [9.17, 15) is 5.11 Å². The number of nitrogens with zero attached hydrogens (tertiary/aromatic N) is 3. The minimum absolute atomic E-state index is 0.109. The molecule has 0 aliphatic rings. The Morgan fingerprint density at radius 1 is 1.07 bits per heavy atom. The summed E-state index contributed by atoms with van der Waals surface area (Å²) < 4.78 is 7.51. The van der Waals surface area contributed by atoms with Crippen molar-refractivity contribution in [3.05, 3.63) is 83.8 Å². The van der Waals surface area contributed by atoms with Crippen molar-refractivity contribution in [2.75, 3.05) is 0 Å². The van der Waals surface area contributed by atoms with Crippen molar-refractivity contribution >= 4 is 11.6 Å². The summed E-state index contributed by atoms with van der Waals surface area (Å²) in [7, 11) is 1.85. The van der Waals surface area contributed by atoms with Gasteiger partial charge in [-0.15, -0.1) is 0 Å². The Kier molecular flexibility index (Phi) is 5.00. The fourth-order valence-electron chi connectivity index (χ4n) is 2.97. The van der Waals surface area contributed by atoms with Crippen LogP contribution in [0.5, 0.6) is 11.5 Å². The van der Waals surface area contributed by atoms with Crippen molar-refractivity contribution in [3.63, 3.8) is 0 Å². The van der Waals surface area contributed by atoms with Gasteiger partial charge in [-0.2, -0.15) is 5.10 Å². The number of hydrogen-bond donors (Lipinski definition) is 1. The van der Waals surface area contributed by atoms with E-state index in [4.69, 9.17) is 16.3 Å². The molecule has 0 spiro atoms. The van der Waals surface area contributed by atoms with Crippen molar-refractivity contribution < 1.29 is 9.84 Å². The molecule has 140 valence electrons. The third-order valence-electron chi connectivity index (χ3n) is 4.34. The van der Waals surface area contributed by atoms with Gasteiger partial charge in [0.05, 0.1) is 0 Å². The molecule has 2 aromatic heterocycles. The normalized spacial score (nSPS) is 10.8. The number of ether oxygens (including phenoxy) is 1. The molecule has 6 heteroatoms. The molecule has 0 atom stereocenters. The van der Waals surface area contributed by atoms with Crippen LogP contribution in [-0.2, 0) is 13.7 Å². The van der Waals surface area contributed by atoms with Gasteiger partial charge >= 0.3 is 0 Å². The lowest BCUT2D eigenvalue weighted by molar-refractivity contribution is 0.304. The highest BCUT2D eigenvalue weighted by Gasteiger charge is 2.16. The average molecular weight is 392 g/mol. The predicted octanol–water partition coefficient (Wildman–Crippen LogP) is 5.09. The fourth-order valence-corrected chi connectivity index (χ4v) is 3.10. The topological polar surface area (TPSA) is 60.2 Å². The maximum atomic E-state index is 10.6. The van der Waals surface area contributed by atoms with Gasteiger partial charge in [0, 0.05) is 53.4 Å². The summed E-state index contributed by atoms with van der Waals surface area (Å²) in [6.45, 7) is 0.389. The van der Waals surface area contributed by atoms with Crippen LogP contribution in [-0.4, -0.2) is 19.9 Å². The van der Waals surface area contributed by atoms with E-state index in [0.29, 0.717) is 28.6 Å². The Balaban J connectivity index is 1.59. The van der Waals surface area contributed by atoms with E-state index in [0.717, 1.165) is 16.7 Å². The van der Waals surface area contributed by atoms with Crippen molar-refractivity contribution in [1.82, 2.24) is 14.8 Å². The first-order valence-corrected chi connectivity index (χ1v) is 9.12. The molecule has 1 N–H and O–H groups in total. The van der Waals surface area contributed by atoms with Crippen LogP contribution in [0.15, 0.2) is 73.2 Å². The van der Waals surface area contributed by atoms with Gasteiger partial charge in [-0.1, -0.05) is 29.8 Å². The van der Waals surface area contributed by atoms with E-state index in [1.807, 2.05) is 61.8 Å². The quantitative estimate of drug-likeness (QED) is 0.515. The first-order valence-electron chi connectivity index (χ1n) is 8.75. The van der Waals surface area contributed by atoms with Crippen LogP contribution in [0, 0.1) is 0 Å². The average Bonchev–Trinajstić information content (AvgIpc) is 3.10. The van der Waals surface area contributed by atoms with Crippen molar-refractivity contribution in [2.45, 2.75) is 6.61 Å². The van der Waals surface area contributed by atoms with Crippen LogP contribution >= 0.6 is 11.6 Å². The Labute approximate surface area is 167 Å². The lowest BCUT2D eigenvalue weighted by Crippen LogP contribution is -1.95. The highest BCUT2D eigenvalue weighted by atomic mass is 35.5. The van der Waals surface area contributed by atoms with E-state index in [1.165, 1.54) is 0 Å². The van der Waals surface area contributed by atoms with Gasteiger partial charge in [0.25, 0.3) is 0 Å². The minimum Gasteiger partial charge on any atom is -0.507 e. The summed E-state index contributed by atoms with van der Waals surface area (Å²) in [5.41, 5.74) is 4.17. The minimum atomic E-state index is 0.109. The second-order valence-corrected chi connectivity index (χ2v) is 6.84. The second-order valence-electron chi connectivity index (χ2n) is 6.40. The highest BCUT2D eigenvalue weighted by Crippen LogP contribution is 2.37. The van der Waals surface area contributed by atoms with Crippen molar-refractivity contribution in [2.24, 2.45) is 7.05 Å². The molecule has 0 saturated carbocycles. The Bertz CT molecular complexity index is 1090. The molecule has 4 rings (SSSR count). The van der Waals surface area contributed by atoms with E-state index in [2.05, 4.69) is 10.1 Å².